The van der Waals surface area contributed by atoms with Gasteiger partial charge in [-0.15, -0.1) is 0 Å². The first-order valence-electron chi connectivity index (χ1n) is 7.42. The minimum Gasteiger partial charge on any atom is -0.352 e. The molecule has 21 heavy (non-hydrogen) atoms. The Kier molecular flexibility index (Phi) is 7.46. The summed E-state index contributed by atoms with van der Waals surface area (Å²) in [6.45, 7) is 4.34. The van der Waals surface area contributed by atoms with Gasteiger partial charge in [0.2, 0.25) is 11.8 Å². The summed E-state index contributed by atoms with van der Waals surface area (Å²) < 4.78 is 0. The first kappa shape index (κ1) is 17.2. The van der Waals surface area contributed by atoms with Crippen molar-refractivity contribution in [2.45, 2.75) is 52.1 Å². The fraction of sp³-hybridized carbons (Fsp3) is 0.500. The minimum atomic E-state index is 0.00706. The molecule has 0 saturated carbocycles. The molecule has 0 radical (unpaired) electrons. The largest absolute Gasteiger partial charge is 0.352 e. The lowest BCUT2D eigenvalue weighted by Crippen LogP contribution is -2.25. The van der Waals surface area contributed by atoms with Crippen molar-refractivity contribution >= 4 is 17.5 Å². The monoisotopic (exact) mass is 291 g/mol. The van der Waals surface area contributed by atoms with Gasteiger partial charge < -0.3 is 16.4 Å². The summed E-state index contributed by atoms with van der Waals surface area (Å²) in [7, 11) is 0. The Morgan fingerprint density at radius 3 is 2.38 bits per heavy atom. The molecule has 0 spiro atoms. The molecule has 0 saturated heterocycles. The fourth-order valence-corrected chi connectivity index (χ4v) is 1.80. The van der Waals surface area contributed by atoms with E-state index in [0.717, 1.165) is 17.7 Å². The first-order valence-corrected chi connectivity index (χ1v) is 7.42. The van der Waals surface area contributed by atoms with Gasteiger partial charge in [-0.2, -0.15) is 0 Å². The van der Waals surface area contributed by atoms with Crippen molar-refractivity contribution in [3.05, 3.63) is 29.8 Å². The van der Waals surface area contributed by atoms with Crippen molar-refractivity contribution in [1.29, 1.82) is 0 Å². The molecule has 5 nitrogen and oxygen atoms in total. The fourth-order valence-electron chi connectivity index (χ4n) is 1.80. The van der Waals surface area contributed by atoms with Crippen molar-refractivity contribution in [3.63, 3.8) is 0 Å². The summed E-state index contributed by atoms with van der Waals surface area (Å²) in [5.74, 6) is 0.0297. The quantitative estimate of drug-likeness (QED) is 0.686. The summed E-state index contributed by atoms with van der Waals surface area (Å²) in [5, 5.41) is 5.68. The first-order chi connectivity index (χ1) is 10.0. The molecule has 116 valence electrons. The van der Waals surface area contributed by atoms with Crippen LogP contribution >= 0.6 is 0 Å². The predicted molar refractivity (Wildman–Crippen MR) is 84.7 cm³/mol. The van der Waals surface area contributed by atoms with Crippen molar-refractivity contribution < 1.29 is 9.59 Å². The molecule has 0 aliphatic heterocycles. The molecular formula is C16H25N3O2. The van der Waals surface area contributed by atoms with Crippen LogP contribution in [-0.4, -0.2) is 17.9 Å². The molecular weight excluding hydrogens is 266 g/mol. The lowest BCUT2D eigenvalue weighted by atomic mass is 10.1. The van der Waals surface area contributed by atoms with Crippen LogP contribution in [0.25, 0.3) is 0 Å². The van der Waals surface area contributed by atoms with Crippen molar-refractivity contribution in [2.24, 2.45) is 5.73 Å². The number of rotatable bonds is 8. The second-order valence-corrected chi connectivity index (χ2v) is 5.29. The minimum absolute atomic E-state index is 0.00706. The van der Waals surface area contributed by atoms with Crippen LogP contribution in [0, 0.1) is 0 Å². The second kappa shape index (κ2) is 9.13. The van der Waals surface area contributed by atoms with Crippen LogP contribution in [0.15, 0.2) is 24.3 Å². The molecule has 4 N–H and O–H groups in total. The number of anilines is 1. The van der Waals surface area contributed by atoms with Crippen LogP contribution in [0.5, 0.6) is 0 Å². The Bertz CT molecular complexity index is 455. The van der Waals surface area contributed by atoms with Gasteiger partial charge >= 0.3 is 0 Å². The van der Waals surface area contributed by atoms with Crippen LogP contribution in [0.2, 0.25) is 0 Å². The molecule has 0 bridgehead atoms. The van der Waals surface area contributed by atoms with E-state index in [1.165, 1.54) is 0 Å². The van der Waals surface area contributed by atoms with E-state index in [-0.39, 0.29) is 17.9 Å². The maximum absolute atomic E-state index is 11.6. The van der Waals surface area contributed by atoms with E-state index in [4.69, 9.17) is 5.73 Å². The third-order valence-electron chi connectivity index (χ3n) is 3.03. The van der Waals surface area contributed by atoms with Crippen molar-refractivity contribution in [1.82, 2.24) is 5.32 Å². The lowest BCUT2D eigenvalue weighted by Gasteiger charge is -2.08. The van der Waals surface area contributed by atoms with Gasteiger partial charge in [0, 0.05) is 31.1 Å². The van der Waals surface area contributed by atoms with Gasteiger partial charge in [-0.1, -0.05) is 19.1 Å². The number of nitrogens with one attached hydrogen (secondary N) is 2. The molecule has 0 aliphatic rings. The van der Waals surface area contributed by atoms with Crippen molar-refractivity contribution in [3.8, 4) is 0 Å². The number of benzene rings is 1. The summed E-state index contributed by atoms with van der Waals surface area (Å²) in [5.41, 5.74) is 7.39. The molecule has 5 heteroatoms. The molecule has 1 aromatic carbocycles. The Labute approximate surface area is 126 Å². The highest BCUT2D eigenvalue weighted by atomic mass is 16.2. The number of hydrogen-bond donors (Lipinski definition) is 3. The lowest BCUT2D eigenvalue weighted by molar-refractivity contribution is -0.121. The van der Waals surface area contributed by atoms with Crippen LogP contribution in [0.1, 0.15) is 45.1 Å². The van der Waals surface area contributed by atoms with E-state index >= 15 is 0 Å². The standard InChI is InChI=1S/C16H25N3O2/c1-3-4-16(21)19-14-8-6-13(7-9-14)11-18-15(20)10-5-12(2)17/h6-9,12H,3-5,10-11,17H2,1-2H3,(H,18,20)(H,19,21). The highest BCUT2D eigenvalue weighted by Crippen LogP contribution is 2.10. The number of hydrogen-bond acceptors (Lipinski definition) is 3. The Morgan fingerprint density at radius 2 is 1.81 bits per heavy atom. The number of nitrogens with two attached hydrogens (primary N) is 1. The molecule has 0 aliphatic carbocycles. The average molecular weight is 291 g/mol. The van der Waals surface area contributed by atoms with Gasteiger partial charge in [-0.05, 0) is 37.5 Å². The molecule has 0 aromatic heterocycles. The third kappa shape index (κ3) is 7.46. The predicted octanol–water partition coefficient (Wildman–Crippen LogP) is 2.17. The molecule has 2 amide bonds. The molecule has 1 aromatic rings. The number of amides is 2. The van der Waals surface area contributed by atoms with E-state index in [2.05, 4.69) is 10.6 Å². The molecule has 1 unspecified atom stereocenters. The Balaban J connectivity index is 2.37. The topological polar surface area (TPSA) is 84.2 Å². The van der Waals surface area contributed by atoms with E-state index < -0.39 is 0 Å². The highest BCUT2D eigenvalue weighted by molar-refractivity contribution is 5.90. The van der Waals surface area contributed by atoms with Gasteiger partial charge in [0.05, 0.1) is 0 Å². The molecule has 1 atom stereocenters. The maximum atomic E-state index is 11.6. The SMILES string of the molecule is CCCC(=O)Nc1ccc(CNC(=O)CCC(C)N)cc1. The van der Waals surface area contributed by atoms with E-state index in [1.54, 1.807) is 0 Å². The normalized spacial score (nSPS) is 11.8. The summed E-state index contributed by atoms with van der Waals surface area (Å²) in [6, 6.07) is 7.52. The highest BCUT2D eigenvalue weighted by Gasteiger charge is 2.04. The molecule has 1 rings (SSSR count). The van der Waals surface area contributed by atoms with E-state index in [0.29, 0.717) is 25.8 Å². The van der Waals surface area contributed by atoms with Crippen LogP contribution in [-0.2, 0) is 16.1 Å². The third-order valence-corrected chi connectivity index (χ3v) is 3.03. The van der Waals surface area contributed by atoms with Gasteiger partial charge in [0.25, 0.3) is 0 Å². The second-order valence-electron chi connectivity index (χ2n) is 5.29. The zero-order chi connectivity index (χ0) is 15.7. The van der Waals surface area contributed by atoms with E-state index in [9.17, 15) is 9.59 Å². The zero-order valence-corrected chi connectivity index (χ0v) is 12.8. The number of carbonyl (C=O) groups is 2. The van der Waals surface area contributed by atoms with Crippen LogP contribution < -0.4 is 16.4 Å². The van der Waals surface area contributed by atoms with E-state index in [1.807, 2.05) is 38.1 Å². The summed E-state index contributed by atoms with van der Waals surface area (Å²) >= 11 is 0. The average Bonchev–Trinajstić information content (AvgIpc) is 2.44. The van der Waals surface area contributed by atoms with Crippen LogP contribution in [0.3, 0.4) is 0 Å². The number of carbonyl (C=O) groups excluding carboxylic acids is 2. The molecule has 0 heterocycles. The van der Waals surface area contributed by atoms with Gasteiger partial charge in [-0.3, -0.25) is 9.59 Å². The molecule has 0 fully saturated rings. The van der Waals surface area contributed by atoms with Gasteiger partial charge in [-0.25, -0.2) is 0 Å². The summed E-state index contributed by atoms with van der Waals surface area (Å²) in [4.78, 5) is 23.0. The maximum Gasteiger partial charge on any atom is 0.224 e. The van der Waals surface area contributed by atoms with Crippen molar-refractivity contribution in [2.75, 3.05) is 5.32 Å². The smallest absolute Gasteiger partial charge is 0.224 e. The van der Waals surface area contributed by atoms with Crippen LogP contribution in [0.4, 0.5) is 5.69 Å². The zero-order valence-electron chi connectivity index (χ0n) is 12.8. The Morgan fingerprint density at radius 1 is 1.14 bits per heavy atom. The summed E-state index contributed by atoms with van der Waals surface area (Å²) in [6.07, 6.45) is 2.49. The Hall–Kier alpha value is -1.88. The van der Waals surface area contributed by atoms with Gasteiger partial charge in [0.15, 0.2) is 0 Å². The van der Waals surface area contributed by atoms with Gasteiger partial charge in [0.1, 0.15) is 0 Å².